The van der Waals surface area contributed by atoms with Crippen molar-refractivity contribution in [3.8, 4) is 0 Å². The average Bonchev–Trinajstić information content (AvgIpc) is 2.51. The zero-order valence-corrected chi connectivity index (χ0v) is 20.7. The van der Waals surface area contributed by atoms with Gasteiger partial charge in [0.2, 0.25) is 0 Å². The van der Waals surface area contributed by atoms with Gasteiger partial charge in [-0.05, 0) is 111 Å². The number of benzene rings is 2. The van der Waals surface area contributed by atoms with E-state index in [9.17, 15) is 5.53 Å². The molecule has 25 heavy (non-hydrogen) atoms. The van der Waals surface area contributed by atoms with Crippen molar-refractivity contribution in [1.82, 2.24) is 0 Å². The third-order valence-electron chi connectivity index (χ3n) is 4.04. The Kier molecular flexibility index (Phi) is 7.26. The van der Waals surface area contributed by atoms with Crippen LogP contribution in [0.25, 0.3) is 5.53 Å². The Hall–Kier alpha value is -0.260. The maximum Gasteiger partial charge on any atom is 0.334 e. The van der Waals surface area contributed by atoms with Crippen molar-refractivity contribution >= 4 is 69.4 Å². The molecular weight excluding hydrogens is 576 g/mol. The van der Waals surface area contributed by atoms with Gasteiger partial charge in [-0.2, -0.15) is 4.79 Å². The molecule has 0 aliphatic carbocycles. The molecule has 2 aromatic carbocycles. The molecule has 0 heterocycles. The Labute approximate surface area is 182 Å². The van der Waals surface area contributed by atoms with Crippen LogP contribution in [-0.2, 0) is 0 Å². The first-order valence-electron chi connectivity index (χ1n) is 7.88. The van der Waals surface area contributed by atoms with E-state index in [0.717, 1.165) is 29.0 Å². The second-order valence-corrected chi connectivity index (χ2v) is 9.89. The molecule has 0 N–H and O–H groups in total. The Bertz CT molecular complexity index is 754. The highest BCUT2D eigenvalue weighted by Crippen LogP contribution is 2.37. The maximum atomic E-state index is 9.79. The van der Waals surface area contributed by atoms with Gasteiger partial charge in [0.15, 0.2) is 0 Å². The second-order valence-electron chi connectivity index (χ2n) is 6.48. The van der Waals surface area contributed by atoms with E-state index in [4.69, 9.17) is 0 Å². The molecule has 2 aromatic rings. The second kappa shape index (κ2) is 8.62. The highest BCUT2D eigenvalue weighted by molar-refractivity contribution is 9.11. The Morgan fingerprint density at radius 3 is 1.20 bits per heavy atom. The zero-order chi connectivity index (χ0) is 18.9. The molecule has 0 radical (unpaired) electrons. The maximum absolute atomic E-state index is 9.79. The number of halogens is 4. The van der Waals surface area contributed by atoms with E-state index in [1.165, 1.54) is 11.1 Å². The average molecular weight is 594 g/mol. The minimum Gasteiger partial charge on any atom is -0.361 e. The molecule has 0 aliphatic heterocycles. The molecule has 0 unspecified atom stereocenters. The van der Waals surface area contributed by atoms with Gasteiger partial charge in [-0.25, -0.2) is 0 Å². The lowest BCUT2D eigenvalue weighted by Gasteiger charge is -2.13. The van der Waals surface area contributed by atoms with E-state index in [-0.39, 0.29) is 0 Å². The third-order valence-corrected chi connectivity index (χ3v) is 6.54. The van der Waals surface area contributed by atoms with Gasteiger partial charge in [0.1, 0.15) is 0 Å². The highest BCUT2D eigenvalue weighted by Gasteiger charge is 2.27. The van der Waals surface area contributed by atoms with Gasteiger partial charge in [-0.3, -0.25) is 0 Å². The van der Waals surface area contributed by atoms with E-state index < -0.39 is 0 Å². The quantitative estimate of drug-likeness (QED) is 0.195. The highest BCUT2D eigenvalue weighted by atomic mass is 79.9. The largest absolute Gasteiger partial charge is 0.361 e. The van der Waals surface area contributed by atoms with Crippen LogP contribution in [0.1, 0.15) is 61.8 Å². The SMILES string of the molecule is CC(C)c1cc(Br)c(C(=[N+]=[N-])c2c(Br)cc(C(C)C)cc2Br)c(Br)c1. The summed E-state index contributed by atoms with van der Waals surface area (Å²) in [5.74, 6) is 0.805. The predicted octanol–water partition coefficient (Wildman–Crippen LogP) is 8.05. The summed E-state index contributed by atoms with van der Waals surface area (Å²) in [6.45, 7) is 8.58. The van der Waals surface area contributed by atoms with E-state index in [0.29, 0.717) is 17.5 Å². The minimum absolute atomic E-state index is 0.403. The van der Waals surface area contributed by atoms with Gasteiger partial charge in [0.25, 0.3) is 0 Å². The molecule has 2 rings (SSSR count). The fourth-order valence-electron chi connectivity index (χ4n) is 2.53. The Balaban J connectivity index is 2.70. The monoisotopic (exact) mass is 590 g/mol. The topological polar surface area (TPSA) is 36.4 Å². The van der Waals surface area contributed by atoms with Gasteiger partial charge >= 0.3 is 5.71 Å². The van der Waals surface area contributed by atoms with E-state index >= 15 is 0 Å². The first kappa shape index (κ1) is 21.0. The Morgan fingerprint density at radius 2 is 1.00 bits per heavy atom. The molecular formula is C19H18Br4N2. The van der Waals surface area contributed by atoms with E-state index in [1.54, 1.807) is 0 Å². The van der Waals surface area contributed by atoms with E-state index in [1.807, 2.05) is 0 Å². The van der Waals surface area contributed by atoms with Crippen molar-refractivity contribution in [2.24, 2.45) is 0 Å². The van der Waals surface area contributed by atoms with Gasteiger partial charge < -0.3 is 5.53 Å². The molecule has 0 atom stereocenters. The molecule has 0 aromatic heterocycles. The van der Waals surface area contributed by atoms with Crippen molar-refractivity contribution in [1.29, 1.82) is 0 Å². The van der Waals surface area contributed by atoms with Gasteiger partial charge in [-0.15, -0.1) is 0 Å². The van der Waals surface area contributed by atoms with Crippen molar-refractivity contribution in [3.63, 3.8) is 0 Å². The molecule has 0 aliphatic rings. The normalized spacial score (nSPS) is 11.1. The smallest absolute Gasteiger partial charge is 0.334 e. The third kappa shape index (κ3) is 4.54. The molecule has 6 heteroatoms. The van der Waals surface area contributed by atoms with Crippen molar-refractivity contribution in [2.45, 2.75) is 39.5 Å². The standard InChI is InChI=1S/C19H18Br4N2/c1-9(2)11-5-13(20)17(14(21)6-11)19(25-24)18-15(22)7-12(10(3)4)8-16(18)23/h5-10H,1-4H3. The van der Waals surface area contributed by atoms with E-state index in [2.05, 4.69) is 120 Å². The molecule has 2 nitrogen and oxygen atoms in total. The van der Waals surface area contributed by atoms with Crippen LogP contribution >= 0.6 is 63.7 Å². The van der Waals surface area contributed by atoms with Crippen molar-refractivity contribution < 1.29 is 4.79 Å². The summed E-state index contributed by atoms with van der Waals surface area (Å²) in [5, 5.41) is 0. The van der Waals surface area contributed by atoms with Crippen LogP contribution in [0.15, 0.2) is 42.2 Å². The van der Waals surface area contributed by atoms with Crippen molar-refractivity contribution in [3.05, 3.63) is 69.9 Å². The lowest BCUT2D eigenvalue weighted by molar-refractivity contribution is -0.00300. The molecule has 0 amide bonds. The molecule has 0 bridgehead atoms. The minimum atomic E-state index is 0.403. The summed E-state index contributed by atoms with van der Waals surface area (Å²) in [6, 6.07) is 8.28. The lowest BCUT2D eigenvalue weighted by atomic mass is 9.95. The van der Waals surface area contributed by atoms with Crippen LogP contribution in [0.4, 0.5) is 0 Å². The van der Waals surface area contributed by atoms with Crippen LogP contribution in [0.3, 0.4) is 0 Å². The first-order valence-corrected chi connectivity index (χ1v) is 11.0. The summed E-state index contributed by atoms with van der Waals surface area (Å²) in [5.41, 5.74) is 14.3. The summed E-state index contributed by atoms with van der Waals surface area (Å²) in [6.07, 6.45) is 0. The van der Waals surface area contributed by atoms with Crippen molar-refractivity contribution in [2.75, 3.05) is 0 Å². The molecule has 0 fully saturated rings. The summed E-state index contributed by atoms with van der Waals surface area (Å²) in [7, 11) is 0. The Morgan fingerprint density at radius 1 is 0.720 bits per heavy atom. The first-order chi connectivity index (χ1) is 11.7. The lowest BCUT2D eigenvalue weighted by Crippen LogP contribution is -2.10. The summed E-state index contributed by atoms with van der Waals surface area (Å²) in [4.78, 5) is 3.62. The van der Waals surface area contributed by atoms with Gasteiger partial charge in [0.05, 0.1) is 11.1 Å². The van der Waals surface area contributed by atoms with Crippen LogP contribution in [0.2, 0.25) is 0 Å². The number of hydrogen-bond acceptors (Lipinski definition) is 0. The molecule has 0 saturated carbocycles. The van der Waals surface area contributed by atoms with Gasteiger partial charge in [0, 0.05) is 17.9 Å². The molecule has 132 valence electrons. The van der Waals surface area contributed by atoms with Gasteiger partial charge in [-0.1, -0.05) is 27.7 Å². The van der Waals surface area contributed by atoms with Crippen LogP contribution < -0.4 is 0 Å². The number of rotatable bonds is 4. The fourth-order valence-corrected chi connectivity index (χ4v) is 5.72. The van der Waals surface area contributed by atoms with Crippen LogP contribution in [0, 0.1) is 0 Å². The van der Waals surface area contributed by atoms with Crippen LogP contribution in [-0.4, -0.2) is 10.5 Å². The van der Waals surface area contributed by atoms with Crippen LogP contribution in [0.5, 0.6) is 0 Å². The molecule has 0 saturated heterocycles. The summed E-state index contributed by atoms with van der Waals surface area (Å²) < 4.78 is 3.52. The zero-order valence-electron chi connectivity index (χ0n) is 14.4. The fraction of sp³-hybridized carbons (Fsp3) is 0.316. The number of hydrogen-bond donors (Lipinski definition) is 0. The molecule has 0 spiro atoms. The number of nitrogens with zero attached hydrogens (tertiary/aromatic N) is 2. The predicted molar refractivity (Wildman–Crippen MR) is 119 cm³/mol. The summed E-state index contributed by atoms with van der Waals surface area (Å²) >= 11 is 14.6.